The molecule has 204 valence electrons. The average molecular weight is 506 g/mol. The molecule has 3 amide bonds. The van der Waals surface area contributed by atoms with Crippen molar-refractivity contribution in [2.75, 3.05) is 13.2 Å². The molecule has 0 saturated heterocycles. The third-order valence-corrected chi connectivity index (χ3v) is 5.67. The third kappa shape index (κ3) is 10.6. The Labute approximate surface area is 217 Å². The van der Waals surface area contributed by atoms with E-state index in [1.165, 1.54) is 4.90 Å². The minimum atomic E-state index is -1.24. The van der Waals surface area contributed by atoms with Crippen molar-refractivity contribution in [2.45, 2.75) is 111 Å². The molecule has 2 unspecified atom stereocenters. The SMILES string of the molecule is CCCCCCCN(C(=O)C(CO)NC(=O)OC(C)(C)C)C(C(=O)NC(C)C)c1ccc(C)cc1C. The van der Waals surface area contributed by atoms with Crippen LogP contribution in [0.1, 0.15) is 96.4 Å². The molecule has 0 spiro atoms. The van der Waals surface area contributed by atoms with E-state index in [4.69, 9.17) is 4.74 Å². The van der Waals surface area contributed by atoms with Gasteiger partial charge in [-0.15, -0.1) is 0 Å². The quantitative estimate of drug-likeness (QED) is 0.341. The van der Waals surface area contributed by atoms with Gasteiger partial charge in [0.15, 0.2) is 0 Å². The third-order valence-electron chi connectivity index (χ3n) is 5.67. The number of hydrogen-bond donors (Lipinski definition) is 3. The molecule has 0 aliphatic carbocycles. The molecule has 0 aliphatic heterocycles. The number of unbranched alkanes of at least 4 members (excludes halogenated alkanes) is 4. The van der Waals surface area contributed by atoms with Crippen molar-refractivity contribution in [1.29, 1.82) is 0 Å². The van der Waals surface area contributed by atoms with Crippen molar-refractivity contribution in [3.63, 3.8) is 0 Å². The fraction of sp³-hybridized carbons (Fsp3) is 0.679. The van der Waals surface area contributed by atoms with Crippen molar-refractivity contribution < 1.29 is 24.2 Å². The molecule has 0 saturated carbocycles. The highest BCUT2D eigenvalue weighted by molar-refractivity contribution is 5.92. The summed E-state index contributed by atoms with van der Waals surface area (Å²) >= 11 is 0. The second-order valence-corrected chi connectivity index (χ2v) is 10.8. The van der Waals surface area contributed by atoms with Gasteiger partial charge >= 0.3 is 6.09 Å². The number of carbonyl (C=O) groups excluding carboxylic acids is 3. The zero-order valence-electron chi connectivity index (χ0n) is 23.4. The molecule has 1 aromatic rings. The lowest BCUT2D eigenvalue weighted by Crippen LogP contribution is -2.55. The first kappa shape index (κ1) is 31.4. The van der Waals surface area contributed by atoms with Crippen LogP contribution in [0.3, 0.4) is 0 Å². The summed E-state index contributed by atoms with van der Waals surface area (Å²) in [6, 6.07) is 3.52. The van der Waals surface area contributed by atoms with Crippen molar-refractivity contribution in [3.8, 4) is 0 Å². The summed E-state index contributed by atoms with van der Waals surface area (Å²) in [5.41, 5.74) is 1.90. The van der Waals surface area contributed by atoms with E-state index in [1.54, 1.807) is 20.8 Å². The molecular formula is C28H47N3O5. The molecule has 1 aromatic carbocycles. The summed E-state index contributed by atoms with van der Waals surface area (Å²) in [6.07, 6.45) is 4.04. The van der Waals surface area contributed by atoms with Gasteiger partial charge in [-0.3, -0.25) is 9.59 Å². The predicted octanol–water partition coefficient (Wildman–Crippen LogP) is 4.55. The maximum atomic E-state index is 13.8. The van der Waals surface area contributed by atoms with E-state index in [9.17, 15) is 19.5 Å². The number of aliphatic hydroxyl groups is 1. The lowest BCUT2D eigenvalue weighted by Gasteiger charge is -2.35. The molecule has 0 fully saturated rings. The van der Waals surface area contributed by atoms with Gasteiger partial charge in [0.1, 0.15) is 17.7 Å². The number of nitrogens with one attached hydrogen (secondary N) is 2. The van der Waals surface area contributed by atoms with Crippen LogP contribution in [0.5, 0.6) is 0 Å². The summed E-state index contributed by atoms with van der Waals surface area (Å²) in [6.45, 7) is 14.6. The number of alkyl carbamates (subject to hydrolysis) is 1. The number of carbonyl (C=O) groups is 3. The van der Waals surface area contributed by atoms with Crippen LogP contribution in [0.2, 0.25) is 0 Å². The molecule has 0 bridgehead atoms. The van der Waals surface area contributed by atoms with Gasteiger partial charge in [0.2, 0.25) is 11.8 Å². The second-order valence-electron chi connectivity index (χ2n) is 10.8. The van der Waals surface area contributed by atoms with Gasteiger partial charge in [-0.25, -0.2) is 4.79 Å². The number of aryl methyl sites for hydroxylation is 2. The standard InChI is InChI=1S/C28H47N3O5/c1-9-10-11-12-13-16-31(26(34)23(18-32)30-27(35)36-28(6,7)8)24(25(33)29-19(2)3)22-15-14-20(4)17-21(22)5/h14-15,17,19,23-24,32H,9-13,16,18H2,1-8H3,(H,29,33)(H,30,35). The van der Waals surface area contributed by atoms with Crippen LogP contribution in [0.25, 0.3) is 0 Å². The van der Waals surface area contributed by atoms with Crippen LogP contribution in [0, 0.1) is 13.8 Å². The molecule has 2 atom stereocenters. The maximum absolute atomic E-state index is 13.8. The molecular weight excluding hydrogens is 458 g/mol. The van der Waals surface area contributed by atoms with Gasteiger partial charge in [-0.05, 0) is 66.0 Å². The number of rotatable bonds is 13. The largest absolute Gasteiger partial charge is 0.444 e. The second kappa shape index (κ2) is 14.8. The molecule has 8 heteroatoms. The molecule has 8 nitrogen and oxygen atoms in total. The number of hydrogen-bond acceptors (Lipinski definition) is 5. The van der Waals surface area contributed by atoms with Crippen molar-refractivity contribution in [1.82, 2.24) is 15.5 Å². The first-order valence-electron chi connectivity index (χ1n) is 13.1. The topological polar surface area (TPSA) is 108 Å². The van der Waals surface area contributed by atoms with Crippen LogP contribution in [-0.2, 0) is 14.3 Å². The van der Waals surface area contributed by atoms with Crippen molar-refractivity contribution in [3.05, 3.63) is 34.9 Å². The summed E-state index contributed by atoms with van der Waals surface area (Å²) < 4.78 is 5.29. The first-order valence-corrected chi connectivity index (χ1v) is 13.1. The highest BCUT2D eigenvalue weighted by Crippen LogP contribution is 2.27. The average Bonchev–Trinajstić information content (AvgIpc) is 2.75. The van der Waals surface area contributed by atoms with Gasteiger partial charge in [0.05, 0.1) is 6.61 Å². The van der Waals surface area contributed by atoms with Crippen molar-refractivity contribution in [2.24, 2.45) is 0 Å². The zero-order valence-corrected chi connectivity index (χ0v) is 23.4. The van der Waals surface area contributed by atoms with E-state index in [2.05, 4.69) is 17.6 Å². The van der Waals surface area contributed by atoms with Crippen LogP contribution in [0.15, 0.2) is 18.2 Å². The Morgan fingerprint density at radius 3 is 2.19 bits per heavy atom. The Kier molecular flexibility index (Phi) is 12.9. The van der Waals surface area contributed by atoms with Gasteiger partial charge in [-0.2, -0.15) is 0 Å². The minimum absolute atomic E-state index is 0.124. The molecule has 0 aliphatic rings. The normalized spacial score (nSPS) is 13.2. The van der Waals surface area contributed by atoms with Crippen molar-refractivity contribution >= 4 is 17.9 Å². The van der Waals surface area contributed by atoms with Crippen LogP contribution in [0.4, 0.5) is 4.79 Å². The van der Waals surface area contributed by atoms with E-state index < -0.39 is 36.3 Å². The minimum Gasteiger partial charge on any atom is -0.444 e. The fourth-order valence-electron chi connectivity index (χ4n) is 4.03. The van der Waals surface area contributed by atoms with E-state index in [0.717, 1.165) is 42.4 Å². The summed E-state index contributed by atoms with van der Waals surface area (Å²) in [5.74, 6) is -0.824. The fourth-order valence-corrected chi connectivity index (χ4v) is 4.03. The molecule has 0 radical (unpaired) electrons. The van der Waals surface area contributed by atoms with E-state index >= 15 is 0 Å². The molecule has 36 heavy (non-hydrogen) atoms. The van der Waals surface area contributed by atoms with E-state index in [0.29, 0.717) is 13.0 Å². The number of nitrogens with zero attached hydrogens (tertiary/aromatic N) is 1. The number of amides is 3. The number of benzene rings is 1. The molecule has 1 rings (SSSR count). The first-order chi connectivity index (χ1) is 16.8. The van der Waals surface area contributed by atoms with Crippen LogP contribution >= 0.6 is 0 Å². The van der Waals surface area contributed by atoms with E-state index in [-0.39, 0.29) is 11.9 Å². The lowest BCUT2D eigenvalue weighted by molar-refractivity contribution is -0.143. The van der Waals surface area contributed by atoms with Gasteiger partial charge in [0.25, 0.3) is 0 Å². The summed E-state index contributed by atoms with van der Waals surface area (Å²) in [4.78, 5) is 41.2. The summed E-state index contributed by atoms with van der Waals surface area (Å²) in [5, 5.41) is 15.5. The molecule has 0 aromatic heterocycles. The lowest BCUT2D eigenvalue weighted by atomic mass is 9.96. The van der Waals surface area contributed by atoms with Gasteiger partial charge in [-0.1, -0.05) is 56.4 Å². The molecule has 3 N–H and O–H groups in total. The Morgan fingerprint density at radius 1 is 1.03 bits per heavy atom. The highest BCUT2D eigenvalue weighted by atomic mass is 16.6. The van der Waals surface area contributed by atoms with Gasteiger partial charge in [0, 0.05) is 12.6 Å². The zero-order chi connectivity index (χ0) is 27.5. The van der Waals surface area contributed by atoms with Crippen LogP contribution < -0.4 is 10.6 Å². The Hall–Kier alpha value is -2.61. The predicted molar refractivity (Wildman–Crippen MR) is 143 cm³/mol. The van der Waals surface area contributed by atoms with Gasteiger partial charge < -0.3 is 25.4 Å². The maximum Gasteiger partial charge on any atom is 0.408 e. The number of aliphatic hydroxyl groups excluding tert-OH is 1. The van der Waals surface area contributed by atoms with Crippen LogP contribution in [-0.4, -0.2) is 58.8 Å². The van der Waals surface area contributed by atoms with E-state index in [1.807, 2.05) is 45.9 Å². The monoisotopic (exact) mass is 505 g/mol. The Balaban J connectivity index is 3.41. The smallest absolute Gasteiger partial charge is 0.408 e. The Bertz CT molecular complexity index is 863. The number of ether oxygens (including phenoxy) is 1. The highest BCUT2D eigenvalue weighted by Gasteiger charge is 2.36. The molecule has 0 heterocycles. The summed E-state index contributed by atoms with van der Waals surface area (Å²) in [7, 11) is 0. The Morgan fingerprint density at radius 2 is 1.67 bits per heavy atom.